The van der Waals surface area contributed by atoms with Crippen molar-refractivity contribution >= 4 is 11.2 Å². The fourth-order valence-electron chi connectivity index (χ4n) is 2.03. The Hall–Kier alpha value is -1.42. The molecular formula is C13H20N4. The normalized spacial score (nSPS) is 12.3. The summed E-state index contributed by atoms with van der Waals surface area (Å²) in [6, 6.07) is 2.07. The summed E-state index contributed by atoms with van der Waals surface area (Å²) in [5, 5.41) is 0. The molecule has 2 aromatic rings. The second-order valence-corrected chi connectivity index (χ2v) is 5.48. The van der Waals surface area contributed by atoms with Crippen LogP contribution in [-0.4, -0.2) is 21.1 Å². The molecule has 2 heterocycles. The Balaban J connectivity index is 2.70. The van der Waals surface area contributed by atoms with Crippen molar-refractivity contribution in [1.29, 1.82) is 0 Å². The lowest BCUT2D eigenvalue weighted by molar-refractivity contribution is 0.505. The van der Waals surface area contributed by atoms with E-state index in [1.807, 2.05) is 13.1 Å². The molecule has 0 bridgehead atoms. The topological polar surface area (TPSA) is 56.7 Å². The molecule has 0 aliphatic carbocycles. The highest BCUT2D eigenvalue weighted by molar-refractivity contribution is 5.72. The van der Waals surface area contributed by atoms with Crippen molar-refractivity contribution in [2.75, 3.05) is 6.54 Å². The first-order valence-electron chi connectivity index (χ1n) is 5.97. The molecule has 0 aliphatic rings. The fourth-order valence-corrected chi connectivity index (χ4v) is 2.03. The van der Waals surface area contributed by atoms with Gasteiger partial charge in [0, 0.05) is 24.7 Å². The minimum Gasteiger partial charge on any atom is -0.329 e. The Morgan fingerprint density at radius 1 is 1.35 bits per heavy atom. The number of nitrogens with zero attached hydrogens (tertiary/aromatic N) is 3. The molecule has 4 heteroatoms. The Morgan fingerprint density at radius 3 is 2.65 bits per heavy atom. The predicted octanol–water partition coefficient (Wildman–Crippen LogP) is 2.00. The lowest BCUT2D eigenvalue weighted by atomic mass is 9.96. The minimum absolute atomic E-state index is 0.00374. The number of fused-ring (bicyclic) bond motifs is 1. The molecule has 0 spiro atoms. The average Bonchev–Trinajstić information content (AvgIpc) is 2.56. The Kier molecular flexibility index (Phi) is 2.91. The largest absolute Gasteiger partial charge is 0.329 e. The van der Waals surface area contributed by atoms with Gasteiger partial charge < -0.3 is 10.3 Å². The van der Waals surface area contributed by atoms with Gasteiger partial charge in [0.1, 0.15) is 11.3 Å². The first-order chi connectivity index (χ1) is 7.93. The van der Waals surface area contributed by atoms with E-state index in [1.54, 1.807) is 0 Å². The van der Waals surface area contributed by atoms with E-state index in [0.29, 0.717) is 6.54 Å². The maximum Gasteiger partial charge on any atom is 0.160 e. The van der Waals surface area contributed by atoms with Gasteiger partial charge in [-0.2, -0.15) is 0 Å². The Bertz CT molecular complexity index is 534. The van der Waals surface area contributed by atoms with E-state index in [2.05, 4.69) is 36.4 Å². The lowest BCUT2D eigenvalue weighted by Crippen LogP contribution is -2.21. The third kappa shape index (κ3) is 2.17. The molecule has 0 radical (unpaired) electrons. The molecule has 0 fully saturated rings. The summed E-state index contributed by atoms with van der Waals surface area (Å²) >= 11 is 0. The van der Waals surface area contributed by atoms with Gasteiger partial charge in [-0.3, -0.25) is 0 Å². The van der Waals surface area contributed by atoms with E-state index < -0.39 is 0 Å². The monoisotopic (exact) mass is 232 g/mol. The van der Waals surface area contributed by atoms with Crippen LogP contribution in [0.15, 0.2) is 12.3 Å². The Labute approximate surface area is 102 Å². The summed E-state index contributed by atoms with van der Waals surface area (Å²) in [5.74, 6) is 1.05. The van der Waals surface area contributed by atoms with Crippen LogP contribution in [-0.2, 0) is 12.0 Å². The van der Waals surface area contributed by atoms with E-state index in [9.17, 15) is 0 Å². The van der Waals surface area contributed by atoms with Crippen LogP contribution in [0.2, 0.25) is 0 Å². The number of hydrogen-bond donors (Lipinski definition) is 1. The molecule has 0 aromatic carbocycles. The van der Waals surface area contributed by atoms with Gasteiger partial charge in [0.05, 0.1) is 0 Å². The van der Waals surface area contributed by atoms with Crippen LogP contribution < -0.4 is 5.73 Å². The van der Waals surface area contributed by atoms with Crippen molar-refractivity contribution in [3.63, 3.8) is 0 Å². The van der Waals surface area contributed by atoms with Crippen molar-refractivity contribution in [2.24, 2.45) is 5.73 Å². The summed E-state index contributed by atoms with van der Waals surface area (Å²) in [6.07, 6.45) is 1.88. The molecule has 2 aromatic heterocycles. The smallest absolute Gasteiger partial charge is 0.160 e. The molecule has 0 aliphatic heterocycles. The molecule has 92 valence electrons. The van der Waals surface area contributed by atoms with Crippen LogP contribution in [0.4, 0.5) is 0 Å². The van der Waals surface area contributed by atoms with Crippen molar-refractivity contribution in [2.45, 2.75) is 39.7 Å². The maximum absolute atomic E-state index is 5.68. The highest BCUT2D eigenvalue weighted by Gasteiger charge is 2.23. The number of aromatic nitrogens is 3. The number of imidazole rings is 1. The highest BCUT2D eigenvalue weighted by atomic mass is 15.1. The molecule has 2 rings (SSSR count). The summed E-state index contributed by atoms with van der Waals surface area (Å²) in [5.41, 5.74) is 8.71. The summed E-state index contributed by atoms with van der Waals surface area (Å²) in [6.45, 7) is 9.88. The average molecular weight is 232 g/mol. The zero-order valence-electron chi connectivity index (χ0n) is 11.0. The van der Waals surface area contributed by atoms with Crippen molar-refractivity contribution in [3.05, 3.63) is 23.7 Å². The number of aryl methyl sites for hydroxylation is 1. The third-order valence-corrected chi connectivity index (χ3v) is 2.75. The second kappa shape index (κ2) is 4.11. The molecule has 2 N–H and O–H groups in total. The summed E-state index contributed by atoms with van der Waals surface area (Å²) in [4.78, 5) is 9.19. The fraction of sp³-hybridized carbons (Fsp3) is 0.538. The lowest BCUT2D eigenvalue weighted by Gasteiger charge is -2.19. The van der Waals surface area contributed by atoms with Crippen molar-refractivity contribution in [1.82, 2.24) is 14.5 Å². The molecule has 17 heavy (non-hydrogen) atoms. The van der Waals surface area contributed by atoms with Gasteiger partial charge in [-0.25, -0.2) is 9.97 Å². The first-order valence-corrected chi connectivity index (χ1v) is 5.97. The molecular weight excluding hydrogens is 212 g/mol. The zero-order valence-corrected chi connectivity index (χ0v) is 11.0. The number of nitrogens with two attached hydrogens (primary N) is 1. The zero-order chi connectivity index (χ0) is 12.6. The summed E-state index contributed by atoms with van der Waals surface area (Å²) in [7, 11) is 0. The number of pyridine rings is 1. The SMILES string of the molecule is Cc1cnc2c(c1)nc(C(C)(C)C)n2CCN. The highest BCUT2D eigenvalue weighted by Crippen LogP contribution is 2.25. The number of rotatable bonds is 2. The van der Waals surface area contributed by atoms with Crippen molar-refractivity contribution in [3.8, 4) is 0 Å². The predicted molar refractivity (Wildman–Crippen MR) is 70.0 cm³/mol. The van der Waals surface area contributed by atoms with Gasteiger partial charge in [0.15, 0.2) is 5.65 Å². The van der Waals surface area contributed by atoms with Crippen LogP contribution in [0.5, 0.6) is 0 Å². The van der Waals surface area contributed by atoms with E-state index in [0.717, 1.165) is 29.1 Å². The van der Waals surface area contributed by atoms with Crippen LogP contribution in [0.1, 0.15) is 32.2 Å². The van der Waals surface area contributed by atoms with Crippen LogP contribution in [0, 0.1) is 6.92 Å². The van der Waals surface area contributed by atoms with E-state index in [1.165, 1.54) is 0 Å². The quantitative estimate of drug-likeness (QED) is 0.861. The van der Waals surface area contributed by atoms with Crippen LogP contribution >= 0.6 is 0 Å². The molecule has 0 unspecified atom stereocenters. The van der Waals surface area contributed by atoms with Gasteiger partial charge in [0.25, 0.3) is 0 Å². The van der Waals surface area contributed by atoms with Crippen LogP contribution in [0.25, 0.3) is 11.2 Å². The molecule has 4 nitrogen and oxygen atoms in total. The van der Waals surface area contributed by atoms with Gasteiger partial charge >= 0.3 is 0 Å². The van der Waals surface area contributed by atoms with E-state index >= 15 is 0 Å². The summed E-state index contributed by atoms with van der Waals surface area (Å²) < 4.78 is 2.13. The van der Waals surface area contributed by atoms with Gasteiger partial charge in [-0.15, -0.1) is 0 Å². The molecule has 0 atom stereocenters. The van der Waals surface area contributed by atoms with E-state index in [4.69, 9.17) is 10.7 Å². The molecule has 0 saturated carbocycles. The standard InChI is InChI=1S/C13H20N4/c1-9-7-10-11(15-8-9)17(6-5-14)12(16-10)13(2,3)4/h7-8H,5-6,14H2,1-4H3. The van der Waals surface area contributed by atoms with E-state index in [-0.39, 0.29) is 5.41 Å². The van der Waals surface area contributed by atoms with Crippen molar-refractivity contribution < 1.29 is 0 Å². The van der Waals surface area contributed by atoms with Gasteiger partial charge in [-0.1, -0.05) is 20.8 Å². The Morgan fingerprint density at radius 2 is 2.06 bits per heavy atom. The second-order valence-electron chi connectivity index (χ2n) is 5.48. The maximum atomic E-state index is 5.68. The minimum atomic E-state index is 0.00374. The molecule has 0 amide bonds. The molecule has 0 saturated heterocycles. The first kappa shape index (κ1) is 12.0. The van der Waals surface area contributed by atoms with Gasteiger partial charge in [-0.05, 0) is 18.6 Å². The third-order valence-electron chi connectivity index (χ3n) is 2.75. The van der Waals surface area contributed by atoms with Gasteiger partial charge in [0.2, 0.25) is 0 Å². The number of hydrogen-bond acceptors (Lipinski definition) is 3. The van der Waals surface area contributed by atoms with Crippen LogP contribution in [0.3, 0.4) is 0 Å².